The Hall–Kier alpha value is -1.64. The van der Waals surface area contributed by atoms with Crippen molar-refractivity contribution in [3.63, 3.8) is 0 Å². The molecule has 0 spiro atoms. The fraction of sp³-hybridized carbons (Fsp3) is 0.600. The SMILES string of the molecule is CCCC[C@@H](c1ccc(C)cc1)c1nnc2n1CCCCCC2. The van der Waals surface area contributed by atoms with Crippen LogP contribution < -0.4 is 0 Å². The molecular formula is C20H29N3. The summed E-state index contributed by atoms with van der Waals surface area (Å²) in [5.41, 5.74) is 2.71. The van der Waals surface area contributed by atoms with Gasteiger partial charge < -0.3 is 4.57 Å². The zero-order chi connectivity index (χ0) is 16.1. The van der Waals surface area contributed by atoms with Gasteiger partial charge in [-0.1, -0.05) is 62.4 Å². The van der Waals surface area contributed by atoms with E-state index in [1.165, 1.54) is 61.3 Å². The Balaban J connectivity index is 1.94. The minimum Gasteiger partial charge on any atom is -0.314 e. The van der Waals surface area contributed by atoms with Crippen LogP contribution in [0, 0.1) is 6.92 Å². The highest BCUT2D eigenvalue weighted by atomic mass is 15.3. The van der Waals surface area contributed by atoms with E-state index in [4.69, 9.17) is 0 Å². The Labute approximate surface area is 140 Å². The molecule has 0 unspecified atom stereocenters. The van der Waals surface area contributed by atoms with Crippen LogP contribution in [0.3, 0.4) is 0 Å². The summed E-state index contributed by atoms with van der Waals surface area (Å²) in [6.07, 6.45) is 9.89. The summed E-state index contributed by atoms with van der Waals surface area (Å²) in [7, 11) is 0. The van der Waals surface area contributed by atoms with Crippen LogP contribution in [0.5, 0.6) is 0 Å². The number of hydrogen-bond acceptors (Lipinski definition) is 2. The first-order chi connectivity index (χ1) is 11.3. The fourth-order valence-corrected chi connectivity index (χ4v) is 3.59. The summed E-state index contributed by atoms with van der Waals surface area (Å²) in [5, 5.41) is 9.19. The van der Waals surface area contributed by atoms with Gasteiger partial charge in [0.05, 0.1) is 0 Å². The standard InChI is InChI=1S/C20H29N3/c1-3-4-9-18(17-13-11-16(2)12-14-17)20-22-21-19-10-7-5-6-8-15-23(19)20/h11-14,18H,3-10,15H2,1-2H3/t18-/m0/s1. The molecule has 3 heteroatoms. The van der Waals surface area contributed by atoms with Gasteiger partial charge in [-0.2, -0.15) is 0 Å². The molecule has 23 heavy (non-hydrogen) atoms. The van der Waals surface area contributed by atoms with Crippen LogP contribution in [0.4, 0.5) is 0 Å². The molecule has 1 aromatic heterocycles. The molecule has 1 aliphatic rings. The van der Waals surface area contributed by atoms with Crippen LogP contribution in [0.2, 0.25) is 0 Å². The molecule has 0 fully saturated rings. The van der Waals surface area contributed by atoms with E-state index in [1.807, 2.05) is 0 Å². The second-order valence-corrected chi connectivity index (χ2v) is 6.90. The molecule has 0 N–H and O–H groups in total. The van der Waals surface area contributed by atoms with Crippen LogP contribution in [0.15, 0.2) is 24.3 Å². The third-order valence-corrected chi connectivity index (χ3v) is 5.03. The number of aromatic nitrogens is 3. The van der Waals surface area contributed by atoms with Gasteiger partial charge in [0.1, 0.15) is 11.6 Å². The molecule has 1 atom stereocenters. The lowest BCUT2D eigenvalue weighted by atomic mass is 9.92. The molecule has 0 aliphatic carbocycles. The van der Waals surface area contributed by atoms with E-state index in [2.05, 4.69) is 52.9 Å². The van der Waals surface area contributed by atoms with Gasteiger partial charge in [-0.3, -0.25) is 0 Å². The number of rotatable bonds is 5. The van der Waals surface area contributed by atoms with Gasteiger partial charge >= 0.3 is 0 Å². The number of hydrogen-bond donors (Lipinski definition) is 0. The Morgan fingerprint density at radius 2 is 1.83 bits per heavy atom. The molecule has 0 saturated heterocycles. The Bertz CT molecular complexity index is 612. The van der Waals surface area contributed by atoms with Crippen LogP contribution in [0.25, 0.3) is 0 Å². The molecule has 3 rings (SSSR count). The molecule has 124 valence electrons. The summed E-state index contributed by atoms with van der Waals surface area (Å²) in [6.45, 7) is 5.50. The minimum atomic E-state index is 0.385. The summed E-state index contributed by atoms with van der Waals surface area (Å²) < 4.78 is 2.43. The predicted octanol–water partition coefficient (Wildman–Crippen LogP) is 5.03. The van der Waals surface area contributed by atoms with Crippen molar-refractivity contribution in [2.45, 2.75) is 77.7 Å². The molecule has 0 bridgehead atoms. The number of nitrogens with zero attached hydrogens (tertiary/aromatic N) is 3. The lowest BCUT2D eigenvalue weighted by molar-refractivity contribution is 0.490. The van der Waals surface area contributed by atoms with E-state index < -0.39 is 0 Å². The highest BCUT2D eigenvalue weighted by Crippen LogP contribution is 2.30. The predicted molar refractivity (Wildman–Crippen MR) is 94.7 cm³/mol. The van der Waals surface area contributed by atoms with Gasteiger partial charge in [0.15, 0.2) is 0 Å². The number of fused-ring (bicyclic) bond motifs is 1. The van der Waals surface area contributed by atoms with Crippen molar-refractivity contribution in [1.82, 2.24) is 14.8 Å². The molecule has 1 aliphatic heterocycles. The maximum absolute atomic E-state index is 4.65. The van der Waals surface area contributed by atoms with Gasteiger partial charge in [-0.25, -0.2) is 0 Å². The van der Waals surface area contributed by atoms with Crippen molar-refractivity contribution in [1.29, 1.82) is 0 Å². The van der Waals surface area contributed by atoms with Crippen LogP contribution in [0.1, 0.15) is 80.6 Å². The number of aryl methyl sites for hydroxylation is 2. The first-order valence-corrected chi connectivity index (χ1v) is 9.28. The van der Waals surface area contributed by atoms with E-state index in [0.717, 1.165) is 19.4 Å². The normalized spacial score (nSPS) is 16.4. The zero-order valence-corrected chi connectivity index (χ0v) is 14.6. The van der Waals surface area contributed by atoms with Gasteiger partial charge in [0.2, 0.25) is 0 Å². The topological polar surface area (TPSA) is 30.7 Å². The zero-order valence-electron chi connectivity index (χ0n) is 14.6. The van der Waals surface area contributed by atoms with Crippen molar-refractivity contribution in [2.24, 2.45) is 0 Å². The van der Waals surface area contributed by atoms with Crippen LogP contribution >= 0.6 is 0 Å². The Morgan fingerprint density at radius 3 is 2.61 bits per heavy atom. The second kappa shape index (κ2) is 7.76. The third kappa shape index (κ3) is 3.82. The van der Waals surface area contributed by atoms with E-state index in [0.29, 0.717) is 5.92 Å². The monoisotopic (exact) mass is 311 g/mol. The first kappa shape index (κ1) is 16.2. The molecule has 2 heterocycles. The second-order valence-electron chi connectivity index (χ2n) is 6.90. The smallest absolute Gasteiger partial charge is 0.140 e. The van der Waals surface area contributed by atoms with Crippen molar-refractivity contribution >= 4 is 0 Å². The molecule has 3 nitrogen and oxygen atoms in total. The van der Waals surface area contributed by atoms with Gasteiger partial charge in [0, 0.05) is 18.9 Å². The third-order valence-electron chi connectivity index (χ3n) is 5.03. The molecule has 1 aromatic carbocycles. The maximum atomic E-state index is 4.65. The van der Waals surface area contributed by atoms with Crippen molar-refractivity contribution in [2.75, 3.05) is 0 Å². The largest absolute Gasteiger partial charge is 0.314 e. The molecular weight excluding hydrogens is 282 g/mol. The summed E-state index contributed by atoms with van der Waals surface area (Å²) in [4.78, 5) is 0. The highest BCUT2D eigenvalue weighted by molar-refractivity contribution is 5.29. The van der Waals surface area contributed by atoms with E-state index >= 15 is 0 Å². The number of unbranched alkanes of at least 4 members (excludes halogenated alkanes) is 1. The maximum Gasteiger partial charge on any atom is 0.140 e. The Morgan fingerprint density at radius 1 is 1.04 bits per heavy atom. The van der Waals surface area contributed by atoms with E-state index in [1.54, 1.807) is 0 Å². The van der Waals surface area contributed by atoms with Crippen LogP contribution in [-0.4, -0.2) is 14.8 Å². The first-order valence-electron chi connectivity index (χ1n) is 9.28. The molecule has 0 amide bonds. The van der Waals surface area contributed by atoms with Gasteiger partial charge in [-0.15, -0.1) is 10.2 Å². The van der Waals surface area contributed by atoms with Crippen molar-refractivity contribution < 1.29 is 0 Å². The number of benzene rings is 1. The van der Waals surface area contributed by atoms with Gasteiger partial charge in [-0.05, 0) is 31.7 Å². The average Bonchev–Trinajstić information content (AvgIpc) is 2.91. The lowest BCUT2D eigenvalue weighted by Gasteiger charge is -2.20. The molecule has 2 aromatic rings. The van der Waals surface area contributed by atoms with Gasteiger partial charge in [0.25, 0.3) is 0 Å². The summed E-state index contributed by atoms with van der Waals surface area (Å²) in [5.74, 6) is 2.78. The van der Waals surface area contributed by atoms with Crippen LogP contribution in [-0.2, 0) is 13.0 Å². The fourth-order valence-electron chi connectivity index (χ4n) is 3.59. The van der Waals surface area contributed by atoms with E-state index in [-0.39, 0.29) is 0 Å². The summed E-state index contributed by atoms with van der Waals surface area (Å²) >= 11 is 0. The van der Waals surface area contributed by atoms with E-state index in [9.17, 15) is 0 Å². The Kier molecular flexibility index (Phi) is 5.47. The summed E-state index contributed by atoms with van der Waals surface area (Å²) in [6, 6.07) is 9.00. The average molecular weight is 311 g/mol. The quantitative estimate of drug-likeness (QED) is 0.775. The lowest BCUT2D eigenvalue weighted by Crippen LogP contribution is -2.14. The highest BCUT2D eigenvalue weighted by Gasteiger charge is 2.23. The van der Waals surface area contributed by atoms with Crippen molar-refractivity contribution in [3.8, 4) is 0 Å². The minimum absolute atomic E-state index is 0.385. The molecule has 0 radical (unpaired) electrons. The molecule has 0 saturated carbocycles. The van der Waals surface area contributed by atoms with Crippen molar-refractivity contribution in [3.05, 3.63) is 47.0 Å².